The van der Waals surface area contributed by atoms with Gasteiger partial charge in [-0.25, -0.2) is 0 Å². The molecule has 0 fully saturated rings. The monoisotopic (exact) mass is 347 g/mol. The van der Waals surface area contributed by atoms with E-state index >= 15 is 0 Å². The fourth-order valence-electron chi connectivity index (χ4n) is 1.79. The minimum Gasteiger partial charge on any atom is -0.457 e. The Hall–Kier alpha value is -3.54. The molecule has 0 aliphatic rings. The molecule has 25 heavy (non-hydrogen) atoms. The van der Waals surface area contributed by atoms with Gasteiger partial charge in [-0.1, -0.05) is 18.2 Å². The lowest BCUT2D eigenvalue weighted by Gasteiger charge is -2.15. The first-order valence-corrected chi connectivity index (χ1v) is 6.83. The Morgan fingerprint density at radius 2 is 1.88 bits per heavy atom. The molecule has 0 aliphatic heterocycles. The van der Waals surface area contributed by atoms with Crippen LogP contribution in [0.3, 0.4) is 0 Å². The first-order valence-electron chi connectivity index (χ1n) is 6.83. The molecule has 0 aliphatic carbocycles. The molecule has 0 saturated carbocycles. The third kappa shape index (κ3) is 4.71. The second-order valence-electron chi connectivity index (χ2n) is 4.72. The molecule has 9 heteroatoms. The number of ether oxygens (including phenoxy) is 1. The average Bonchev–Trinajstić information content (AvgIpc) is 2.56. The number of alkyl halides is 3. The highest BCUT2D eigenvalue weighted by Gasteiger charge is 2.35. The number of halogens is 3. The van der Waals surface area contributed by atoms with E-state index in [0.29, 0.717) is 0 Å². The van der Waals surface area contributed by atoms with Crippen molar-refractivity contribution in [2.45, 2.75) is 6.18 Å². The summed E-state index contributed by atoms with van der Waals surface area (Å²) in [6.07, 6.45) is -4.66. The number of hydrogen-bond donors (Lipinski definition) is 3. The van der Waals surface area contributed by atoms with Crippen LogP contribution in [-0.2, 0) is 6.18 Å². The third-order valence-electron chi connectivity index (χ3n) is 2.91. The van der Waals surface area contributed by atoms with Gasteiger partial charge in [-0.3, -0.25) is 10.8 Å². The van der Waals surface area contributed by atoms with Crippen molar-refractivity contribution in [1.82, 2.24) is 0 Å². The smallest absolute Gasteiger partial charge is 0.420 e. The number of amidine groups is 1. The van der Waals surface area contributed by atoms with Crippen LogP contribution >= 0.6 is 0 Å². The Labute approximate surface area is 140 Å². The van der Waals surface area contributed by atoms with Crippen LogP contribution in [0.1, 0.15) is 5.56 Å². The second-order valence-corrected chi connectivity index (χ2v) is 4.72. The Bertz CT molecular complexity index is 841. The van der Waals surface area contributed by atoms with Crippen molar-refractivity contribution >= 4 is 17.2 Å². The van der Waals surface area contributed by atoms with Crippen LogP contribution in [0.4, 0.5) is 18.9 Å². The number of hydrazone groups is 1. The molecule has 0 amide bonds. The number of nitrogens with one attached hydrogen (secondary N) is 2. The van der Waals surface area contributed by atoms with Gasteiger partial charge in [-0.2, -0.15) is 23.5 Å². The lowest BCUT2D eigenvalue weighted by molar-refractivity contribution is -0.138. The van der Waals surface area contributed by atoms with E-state index in [9.17, 15) is 13.2 Å². The lowest BCUT2D eigenvalue weighted by atomic mass is 10.1. The average molecular weight is 347 g/mol. The predicted molar refractivity (Wildman–Crippen MR) is 86.5 cm³/mol. The topological polar surface area (TPSA) is 107 Å². The number of para-hydroxylation sites is 1. The van der Waals surface area contributed by atoms with Crippen molar-refractivity contribution in [2.75, 3.05) is 5.43 Å². The van der Waals surface area contributed by atoms with Gasteiger partial charge in [0.25, 0.3) is 0 Å². The molecule has 6 nitrogen and oxygen atoms in total. The van der Waals surface area contributed by atoms with Crippen molar-refractivity contribution in [1.29, 1.82) is 10.7 Å². The molecule has 0 unspecified atom stereocenters. The SMILES string of the molecule is N#C/C(=N\Nc1ccc(Oc2ccccc2)c(C(F)(F)F)c1)C(=N)N. The van der Waals surface area contributed by atoms with Gasteiger partial charge in [0.05, 0.1) is 5.69 Å². The molecule has 0 saturated heterocycles. The number of rotatable bonds is 5. The molecule has 0 spiro atoms. The van der Waals surface area contributed by atoms with Crippen molar-refractivity contribution in [3.63, 3.8) is 0 Å². The van der Waals surface area contributed by atoms with E-state index < -0.39 is 23.3 Å². The van der Waals surface area contributed by atoms with E-state index in [1.54, 1.807) is 24.3 Å². The van der Waals surface area contributed by atoms with E-state index in [1.807, 2.05) is 0 Å². The summed E-state index contributed by atoms with van der Waals surface area (Å²) >= 11 is 0. The molecular formula is C16H12F3N5O. The number of benzene rings is 2. The minimum atomic E-state index is -4.66. The first kappa shape index (κ1) is 17.8. The summed E-state index contributed by atoms with van der Waals surface area (Å²) in [7, 11) is 0. The van der Waals surface area contributed by atoms with Crippen LogP contribution in [0.5, 0.6) is 11.5 Å². The zero-order chi connectivity index (χ0) is 18.4. The van der Waals surface area contributed by atoms with Crippen LogP contribution < -0.4 is 15.9 Å². The molecule has 2 rings (SSSR count). The van der Waals surface area contributed by atoms with Crippen LogP contribution in [0.2, 0.25) is 0 Å². The van der Waals surface area contributed by atoms with Crippen LogP contribution in [0, 0.1) is 16.7 Å². The van der Waals surface area contributed by atoms with Gasteiger partial charge in [0, 0.05) is 0 Å². The zero-order valence-corrected chi connectivity index (χ0v) is 12.6. The highest BCUT2D eigenvalue weighted by atomic mass is 19.4. The maximum atomic E-state index is 13.3. The van der Waals surface area contributed by atoms with Crippen LogP contribution in [0.15, 0.2) is 53.6 Å². The van der Waals surface area contributed by atoms with Gasteiger partial charge in [0.1, 0.15) is 23.1 Å². The predicted octanol–water partition coefficient (Wildman–Crippen LogP) is 3.73. The van der Waals surface area contributed by atoms with E-state index in [1.165, 1.54) is 18.2 Å². The summed E-state index contributed by atoms with van der Waals surface area (Å²) in [5.74, 6) is -0.717. The quantitative estimate of drug-likeness (QED) is 0.435. The van der Waals surface area contributed by atoms with E-state index in [0.717, 1.165) is 12.1 Å². The molecular weight excluding hydrogens is 335 g/mol. The van der Waals surface area contributed by atoms with E-state index in [-0.39, 0.29) is 17.2 Å². The molecule has 0 bridgehead atoms. The summed E-state index contributed by atoms with van der Waals surface area (Å²) in [6.45, 7) is 0. The Balaban J connectivity index is 2.34. The molecule has 0 aromatic heterocycles. The Kier molecular flexibility index (Phi) is 5.24. The third-order valence-corrected chi connectivity index (χ3v) is 2.91. The summed E-state index contributed by atoms with van der Waals surface area (Å²) < 4.78 is 45.1. The molecule has 4 N–H and O–H groups in total. The Morgan fingerprint density at radius 1 is 1.20 bits per heavy atom. The highest BCUT2D eigenvalue weighted by molar-refractivity contribution is 6.45. The lowest BCUT2D eigenvalue weighted by Crippen LogP contribution is -2.21. The molecule has 0 atom stereocenters. The molecule has 0 heterocycles. The minimum absolute atomic E-state index is 0.0401. The normalized spacial score (nSPS) is 11.5. The zero-order valence-electron chi connectivity index (χ0n) is 12.6. The summed E-state index contributed by atoms with van der Waals surface area (Å²) in [5, 5.41) is 19.3. The fraction of sp³-hybridized carbons (Fsp3) is 0.0625. The molecule has 0 radical (unpaired) electrons. The maximum Gasteiger partial charge on any atom is 0.420 e. The fourth-order valence-corrected chi connectivity index (χ4v) is 1.79. The second kappa shape index (κ2) is 7.35. The van der Waals surface area contributed by atoms with E-state index in [2.05, 4.69) is 10.5 Å². The first-order chi connectivity index (χ1) is 11.8. The molecule has 2 aromatic carbocycles. The van der Waals surface area contributed by atoms with Gasteiger partial charge in [-0.05, 0) is 30.3 Å². The standard InChI is InChI=1S/C16H12F3N5O/c17-16(18,19)12-8-10(23-24-13(9-20)15(21)22)6-7-14(12)25-11-4-2-1-3-5-11/h1-8,23H,(H3,21,22)/b24-13+. The highest BCUT2D eigenvalue weighted by Crippen LogP contribution is 2.39. The van der Waals surface area contributed by atoms with Crippen molar-refractivity contribution in [3.8, 4) is 17.6 Å². The van der Waals surface area contributed by atoms with E-state index in [4.69, 9.17) is 21.1 Å². The maximum absolute atomic E-state index is 13.3. The molecule has 2 aromatic rings. The van der Waals surface area contributed by atoms with Crippen molar-refractivity contribution in [3.05, 3.63) is 54.1 Å². The van der Waals surface area contributed by atoms with Crippen LogP contribution in [0.25, 0.3) is 0 Å². The summed E-state index contributed by atoms with van der Waals surface area (Å²) in [6, 6.07) is 12.8. The van der Waals surface area contributed by atoms with Gasteiger partial charge >= 0.3 is 6.18 Å². The van der Waals surface area contributed by atoms with Gasteiger partial charge in [0.2, 0.25) is 5.71 Å². The van der Waals surface area contributed by atoms with Gasteiger partial charge in [0.15, 0.2) is 5.84 Å². The number of anilines is 1. The number of nitrogens with two attached hydrogens (primary N) is 1. The summed E-state index contributed by atoms with van der Waals surface area (Å²) in [5.41, 5.74) is 5.88. The van der Waals surface area contributed by atoms with Crippen molar-refractivity contribution < 1.29 is 17.9 Å². The summed E-state index contributed by atoms with van der Waals surface area (Å²) in [4.78, 5) is 0. The Morgan fingerprint density at radius 3 is 2.44 bits per heavy atom. The number of nitrogens with zero attached hydrogens (tertiary/aromatic N) is 2. The van der Waals surface area contributed by atoms with Crippen molar-refractivity contribution in [2.24, 2.45) is 10.8 Å². The number of nitriles is 1. The number of hydrogen-bond acceptors (Lipinski definition) is 5. The molecule has 128 valence electrons. The van der Waals surface area contributed by atoms with Crippen LogP contribution in [-0.4, -0.2) is 11.5 Å². The van der Waals surface area contributed by atoms with Gasteiger partial charge < -0.3 is 10.5 Å². The van der Waals surface area contributed by atoms with Gasteiger partial charge in [-0.15, -0.1) is 0 Å². The largest absolute Gasteiger partial charge is 0.457 e.